The first-order chi connectivity index (χ1) is 8.91. The van der Waals surface area contributed by atoms with Crippen LogP contribution in [0.5, 0.6) is 0 Å². The van der Waals surface area contributed by atoms with E-state index in [1.54, 1.807) is 0 Å². The topological polar surface area (TPSA) is 346 Å². The molecule has 0 spiro atoms. The van der Waals surface area contributed by atoms with Crippen LogP contribution < -0.4 is 0 Å². The van der Waals surface area contributed by atoms with Gasteiger partial charge in [0.1, 0.15) is 12.2 Å². The average molecular weight is 486 g/mol. The van der Waals surface area contributed by atoms with E-state index in [0.717, 1.165) is 0 Å². The molecule has 1 radical (unpaired) electrons. The zero-order valence-electron chi connectivity index (χ0n) is 11.0. The van der Waals surface area contributed by atoms with E-state index in [0.29, 0.717) is 0 Å². The van der Waals surface area contributed by atoms with Crippen molar-refractivity contribution in [2.75, 3.05) is 13.2 Å². The van der Waals surface area contributed by atoms with Crippen molar-refractivity contribution >= 4 is 0 Å². The van der Waals surface area contributed by atoms with Crippen LogP contribution in [0.1, 0.15) is 0 Å². The normalized spacial score (nSPS) is 9.39. The summed E-state index contributed by atoms with van der Waals surface area (Å²) in [4.78, 5) is 24.8. The minimum Gasteiger partial charge on any atom is -0.457 e. The Morgan fingerprint density at radius 1 is 0.652 bits per heavy atom. The molecule has 0 saturated carbocycles. The van der Waals surface area contributed by atoms with Gasteiger partial charge in [0.05, 0.1) is 28.5 Å². The molecule has 0 amide bonds. The van der Waals surface area contributed by atoms with Gasteiger partial charge >= 0.3 is 41.7 Å². The molecule has 18 nitrogen and oxygen atoms in total. The zero-order valence-corrected chi connectivity index (χ0v) is 14.2. The second kappa shape index (κ2) is 32.6. The van der Waals surface area contributed by atoms with Gasteiger partial charge in [-0.05, 0) is 0 Å². The maximum Gasteiger partial charge on any atom is 3.00 e. The van der Waals surface area contributed by atoms with Crippen molar-refractivity contribution in [3.05, 3.63) is 46.0 Å². The van der Waals surface area contributed by atoms with Crippen LogP contribution in [0, 0.1) is 87.7 Å². The molecule has 0 aliphatic rings. The number of aliphatic hydroxyl groups is 4. The molecule has 0 aromatic carbocycles. The van der Waals surface area contributed by atoms with Crippen molar-refractivity contribution in [3.8, 4) is 0 Å². The molecule has 0 aliphatic carbocycles. The molecule has 0 unspecified atom stereocenters. The maximum absolute atomic E-state index is 8.47. The molecule has 23 heavy (non-hydrogen) atoms. The Labute approximate surface area is 159 Å². The molecule has 2 atom stereocenters. The van der Waals surface area contributed by atoms with Crippen molar-refractivity contribution in [3.63, 3.8) is 0 Å². The van der Waals surface area contributed by atoms with E-state index in [2.05, 4.69) is 0 Å². The molecule has 0 saturated heterocycles. The van der Waals surface area contributed by atoms with Gasteiger partial charge in [0.25, 0.3) is 0 Å². The maximum atomic E-state index is 8.47. The van der Waals surface area contributed by atoms with E-state index in [1.807, 2.05) is 0 Å². The molecule has 0 bridgehead atoms. The molecule has 19 heteroatoms. The van der Waals surface area contributed by atoms with Crippen LogP contribution >= 0.6 is 0 Å². The Morgan fingerprint density at radius 2 is 0.739 bits per heavy atom. The smallest absolute Gasteiger partial charge is 0.457 e. The summed E-state index contributed by atoms with van der Waals surface area (Å²) in [5.74, 6) is 0. The quantitative estimate of drug-likeness (QED) is 0.165. The molecule has 0 fully saturated rings. The van der Waals surface area contributed by atoms with Crippen molar-refractivity contribution in [2.45, 2.75) is 12.2 Å². The van der Waals surface area contributed by atoms with Crippen molar-refractivity contribution in [1.82, 2.24) is 0 Å². The first-order valence-electron chi connectivity index (χ1n) is 3.94. The van der Waals surface area contributed by atoms with Gasteiger partial charge in [0, 0.05) is 0 Å². The number of hydrogen-bond acceptors (Lipinski definition) is 13. The van der Waals surface area contributed by atoms with Gasteiger partial charge in [-0.3, -0.25) is 0 Å². The van der Waals surface area contributed by atoms with Crippen LogP contribution in [0.15, 0.2) is 0 Å². The second-order valence-electron chi connectivity index (χ2n) is 2.17. The summed E-state index contributed by atoms with van der Waals surface area (Å²) in [5, 5.41) is 77.4. The number of nitrogens with zero attached hydrogens (tertiary/aromatic N) is 3. The number of aliphatic hydroxyl groups excluding tert-OH is 4. The van der Waals surface area contributed by atoms with Crippen LogP contribution in [-0.2, 0) is 11.0 Å². The zero-order chi connectivity index (χ0) is 17.3. The Morgan fingerprint density at radius 3 is 0.783 bits per heavy atom. The van der Waals surface area contributed by atoms with Crippen LogP contribution in [0.4, 0.5) is 0 Å². The van der Waals surface area contributed by atoms with Gasteiger partial charge < -0.3 is 77.3 Å². The third kappa shape index (κ3) is 160. The van der Waals surface area contributed by atoms with Crippen LogP contribution in [0.25, 0.3) is 0 Å². The summed E-state index contributed by atoms with van der Waals surface area (Å²) in [6.07, 6.45) is -2.44. The molecular formula is C4H16CeN3O15+2. The fourth-order valence-electron chi connectivity index (χ4n) is 0.243. The monoisotopic (exact) mass is 486 g/mol. The molecule has 0 rings (SSSR count). The SMILES string of the molecule is O=[N+]([O-])[O-].O=[N+]([O-])[O-].O=[N+]([O-])[O-].OC[C@@H](O)[C@@H](O)CO.[Ce+3].[OH3+].[OH3+]. The average Bonchev–Trinajstić information content (AvgIpc) is 2.24. The molecule has 0 aromatic heterocycles. The third-order valence-corrected chi connectivity index (χ3v) is 0.818. The Balaban J connectivity index is -0.0000000301. The summed E-state index contributed by atoms with van der Waals surface area (Å²) in [5.41, 5.74) is 0. The predicted octanol–water partition coefficient (Wildman–Crippen LogP) is -4.87. The molecular weight excluding hydrogens is 470 g/mol. The van der Waals surface area contributed by atoms with E-state index in [-0.39, 0.29) is 52.7 Å². The van der Waals surface area contributed by atoms with E-state index in [1.165, 1.54) is 0 Å². The summed E-state index contributed by atoms with van der Waals surface area (Å²) >= 11 is 0. The van der Waals surface area contributed by atoms with Gasteiger partial charge in [-0.1, -0.05) is 0 Å². The van der Waals surface area contributed by atoms with Gasteiger partial charge in [-0.25, -0.2) is 0 Å². The minimum absolute atomic E-state index is 0. The van der Waals surface area contributed by atoms with Crippen LogP contribution in [0.2, 0.25) is 0 Å². The van der Waals surface area contributed by atoms with Crippen LogP contribution in [0.3, 0.4) is 0 Å². The molecule has 0 aliphatic heterocycles. The first-order valence-corrected chi connectivity index (χ1v) is 3.94. The molecule has 139 valence electrons. The van der Waals surface area contributed by atoms with E-state index >= 15 is 0 Å². The summed E-state index contributed by atoms with van der Waals surface area (Å²) in [6, 6.07) is 0. The van der Waals surface area contributed by atoms with Gasteiger partial charge in [0.15, 0.2) is 0 Å². The Bertz CT molecular complexity index is 217. The van der Waals surface area contributed by atoms with Crippen molar-refractivity contribution in [1.29, 1.82) is 0 Å². The predicted molar refractivity (Wildman–Crippen MR) is 67.0 cm³/mol. The van der Waals surface area contributed by atoms with Crippen molar-refractivity contribution < 1.29 is 88.4 Å². The fraction of sp³-hybridized carbons (Fsp3) is 1.00. The Kier molecular flexibility index (Phi) is 61.0. The van der Waals surface area contributed by atoms with E-state index < -0.39 is 40.7 Å². The number of rotatable bonds is 3. The van der Waals surface area contributed by atoms with Gasteiger partial charge in [-0.2, -0.15) is 0 Å². The Hall–Kier alpha value is -1.26. The van der Waals surface area contributed by atoms with Crippen molar-refractivity contribution in [2.24, 2.45) is 0 Å². The van der Waals surface area contributed by atoms with E-state index in [9.17, 15) is 0 Å². The standard InChI is InChI=1S/C4H10O4.Ce.3NO3.2H2O/c5-1-3(7)4(8)2-6;;3*2-1(3)4;;/h3-8H,1-2H2;;;;;2*1H2/q;+3;3*-1;;/p+2/t3-,4+;;;;;;. The fourth-order valence-corrected chi connectivity index (χ4v) is 0.243. The largest absolute Gasteiger partial charge is 3.00 e. The minimum atomic E-state index is -1.75. The van der Waals surface area contributed by atoms with E-state index in [4.69, 9.17) is 66.4 Å². The molecule has 0 aromatic rings. The summed E-state index contributed by atoms with van der Waals surface area (Å²) in [7, 11) is 0. The van der Waals surface area contributed by atoms with Crippen LogP contribution in [-0.4, -0.2) is 61.1 Å². The second-order valence-corrected chi connectivity index (χ2v) is 2.17. The molecule has 10 N–H and O–H groups in total. The third-order valence-electron chi connectivity index (χ3n) is 0.818. The summed E-state index contributed by atoms with van der Waals surface area (Å²) < 4.78 is 0. The van der Waals surface area contributed by atoms with Gasteiger partial charge in [0.2, 0.25) is 0 Å². The number of hydrogen-bond donors (Lipinski definition) is 4. The molecule has 0 heterocycles. The first kappa shape index (κ1) is 43.0. The summed E-state index contributed by atoms with van der Waals surface area (Å²) in [6.45, 7) is -1.05. The van der Waals surface area contributed by atoms with Gasteiger partial charge in [-0.15, -0.1) is 0 Å².